The summed E-state index contributed by atoms with van der Waals surface area (Å²) in [5, 5.41) is 28.3. The molecule has 1 aromatic rings. The lowest BCUT2D eigenvalue weighted by Crippen LogP contribution is -2.51. The van der Waals surface area contributed by atoms with Crippen molar-refractivity contribution in [2.75, 3.05) is 13.1 Å². The average Bonchev–Trinajstić information content (AvgIpc) is 3.17. The van der Waals surface area contributed by atoms with Crippen LogP contribution in [0.4, 0.5) is 0 Å². The molecule has 1 heterocycles. The molecule has 1 aromatic carbocycles. The lowest BCUT2D eigenvalue weighted by Gasteiger charge is -2.37. The smallest absolute Gasteiger partial charge is 0.467 e. The molecule has 3 rings (SSSR count). The predicted molar refractivity (Wildman–Crippen MR) is 67.9 cm³/mol. The molecule has 3 N–H and O–H groups in total. The van der Waals surface area contributed by atoms with Gasteiger partial charge in [-0.05, 0) is 30.9 Å². The van der Waals surface area contributed by atoms with Gasteiger partial charge in [0, 0.05) is 0 Å². The second-order valence-corrected chi connectivity index (χ2v) is 5.11. The Morgan fingerprint density at radius 1 is 1.40 bits per heavy atom. The first-order valence-electron chi connectivity index (χ1n) is 6.41. The zero-order valence-corrected chi connectivity index (χ0v) is 10.6. The third kappa shape index (κ3) is 2.52. The SMILES string of the molecule is O=C(O)c1c(OCC2CC2)ccc2c1O[B-](O)(O)CO2. The van der Waals surface area contributed by atoms with Crippen LogP contribution in [0.1, 0.15) is 23.2 Å². The number of carbonyl (C=O) groups is 1. The molecule has 1 fully saturated rings. The molecule has 2 aliphatic rings. The van der Waals surface area contributed by atoms with Gasteiger partial charge in [-0.25, -0.2) is 4.79 Å². The molecule has 0 saturated heterocycles. The molecule has 0 aromatic heterocycles. The van der Waals surface area contributed by atoms with Gasteiger partial charge in [0.15, 0.2) is 5.75 Å². The first kappa shape index (κ1) is 13.1. The first-order chi connectivity index (χ1) is 9.46. The van der Waals surface area contributed by atoms with Crippen molar-refractivity contribution in [2.45, 2.75) is 12.8 Å². The fraction of sp³-hybridized carbons (Fsp3) is 0.417. The van der Waals surface area contributed by atoms with Gasteiger partial charge in [0.05, 0.1) is 13.1 Å². The summed E-state index contributed by atoms with van der Waals surface area (Å²) in [5.41, 5.74) is -0.253. The monoisotopic (exact) mass is 281 g/mol. The lowest BCUT2D eigenvalue weighted by molar-refractivity contribution is 0.0685. The van der Waals surface area contributed by atoms with Crippen molar-refractivity contribution in [3.05, 3.63) is 17.7 Å². The van der Waals surface area contributed by atoms with Crippen LogP contribution in [-0.4, -0.2) is 41.0 Å². The molecule has 0 amide bonds. The first-order valence-corrected chi connectivity index (χ1v) is 6.41. The van der Waals surface area contributed by atoms with Crippen molar-refractivity contribution in [2.24, 2.45) is 5.92 Å². The molecule has 0 spiro atoms. The zero-order valence-electron chi connectivity index (χ0n) is 10.6. The number of rotatable bonds is 4. The Morgan fingerprint density at radius 3 is 2.80 bits per heavy atom. The van der Waals surface area contributed by atoms with Gasteiger partial charge in [-0.3, -0.25) is 0 Å². The van der Waals surface area contributed by atoms with Crippen LogP contribution < -0.4 is 14.1 Å². The summed E-state index contributed by atoms with van der Waals surface area (Å²) >= 11 is 0. The van der Waals surface area contributed by atoms with E-state index in [4.69, 9.17) is 14.1 Å². The third-order valence-corrected chi connectivity index (χ3v) is 3.23. The highest BCUT2D eigenvalue weighted by atomic mass is 16.7. The van der Waals surface area contributed by atoms with Crippen LogP contribution in [0.15, 0.2) is 12.1 Å². The van der Waals surface area contributed by atoms with E-state index in [1.165, 1.54) is 12.1 Å². The molecule has 1 aliphatic heterocycles. The number of benzene rings is 1. The maximum Gasteiger partial charge on any atom is 0.467 e. The Bertz CT molecular complexity index is 553. The molecular weight excluding hydrogens is 267 g/mol. The van der Waals surface area contributed by atoms with Crippen LogP contribution in [0.25, 0.3) is 0 Å². The van der Waals surface area contributed by atoms with E-state index in [1.807, 2.05) is 0 Å². The van der Waals surface area contributed by atoms with E-state index < -0.39 is 19.2 Å². The Labute approximate surface area is 114 Å². The minimum absolute atomic E-state index is 0.139. The molecule has 0 bridgehead atoms. The topological polar surface area (TPSA) is 105 Å². The van der Waals surface area contributed by atoms with Gasteiger partial charge in [-0.15, -0.1) is 0 Å². The van der Waals surface area contributed by atoms with E-state index in [9.17, 15) is 19.9 Å². The molecule has 0 unspecified atom stereocenters. The minimum atomic E-state index is -3.21. The number of hydrogen-bond acceptors (Lipinski definition) is 6. The highest BCUT2D eigenvalue weighted by molar-refractivity contribution is 6.58. The molecule has 20 heavy (non-hydrogen) atoms. The standard InChI is InChI=1S/C12H14BO7/c14-12(15)10-8(18-5-7-1-2-7)3-4-9-11(10)20-13(16,17)6-19-9/h3-4,7,16-17H,1-2,5-6H2,(H,14,15)/q-1. The summed E-state index contributed by atoms with van der Waals surface area (Å²) in [7, 11) is 0. The van der Waals surface area contributed by atoms with Gasteiger partial charge in [0.25, 0.3) is 0 Å². The maximum atomic E-state index is 11.4. The number of hydrogen-bond donors (Lipinski definition) is 3. The van der Waals surface area contributed by atoms with E-state index in [2.05, 4.69) is 0 Å². The van der Waals surface area contributed by atoms with E-state index in [0.717, 1.165) is 12.8 Å². The fourth-order valence-electron chi connectivity index (χ4n) is 2.01. The van der Waals surface area contributed by atoms with Crippen molar-refractivity contribution >= 4 is 12.7 Å². The largest absolute Gasteiger partial charge is 0.665 e. The van der Waals surface area contributed by atoms with Gasteiger partial charge in [-0.1, -0.05) is 0 Å². The van der Waals surface area contributed by atoms with E-state index >= 15 is 0 Å². The van der Waals surface area contributed by atoms with Gasteiger partial charge in [0.2, 0.25) is 0 Å². The Morgan fingerprint density at radius 2 is 2.15 bits per heavy atom. The van der Waals surface area contributed by atoms with Crippen LogP contribution in [0, 0.1) is 5.92 Å². The van der Waals surface area contributed by atoms with Gasteiger partial charge >= 0.3 is 12.7 Å². The molecule has 8 heteroatoms. The lowest BCUT2D eigenvalue weighted by atomic mass is 9.80. The number of fused-ring (bicyclic) bond motifs is 1. The summed E-state index contributed by atoms with van der Waals surface area (Å²) in [6.45, 7) is -3.21. The second-order valence-electron chi connectivity index (χ2n) is 5.11. The summed E-state index contributed by atoms with van der Waals surface area (Å²) in [5.74, 6) is -0.724. The van der Waals surface area contributed by atoms with Crippen molar-refractivity contribution in [3.63, 3.8) is 0 Å². The minimum Gasteiger partial charge on any atom is -0.665 e. The number of ether oxygens (including phenoxy) is 2. The van der Waals surface area contributed by atoms with Crippen molar-refractivity contribution in [3.8, 4) is 17.2 Å². The van der Waals surface area contributed by atoms with E-state index in [0.29, 0.717) is 12.5 Å². The van der Waals surface area contributed by atoms with Crippen LogP contribution >= 0.6 is 0 Å². The quantitative estimate of drug-likeness (QED) is 0.686. The number of carboxylic acid groups (broad SMARTS) is 1. The highest BCUT2D eigenvalue weighted by Gasteiger charge is 2.34. The summed E-state index contributed by atoms with van der Waals surface area (Å²) in [6, 6.07) is 2.98. The normalized spacial score (nSPS) is 19.5. The second kappa shape index (κ2) is 4.57. The Hall–Kier alpha value is -1.93. The van der Waals surface area contributed by atoms with Crippen molar-refractivity contribution in [1.29, 1.82) is 0 Å². The Balaban J connectivity index is 1.96. The van der Waals surface area contributed by atoms with Crippen molar-refractivity contribution in [1.82, 2.24) is 0 Å². The molecule has 1 aliphatic carbocycles. The molecule has 108 valence electrons. The van der Waals surface area contributed by atoms with Crippen molar-refractivity contribution < 1.29 is 34.1 Å². The maximum absolute atomic E-state index is 11.4. The molecular formula is C12H14BO7-. The highest BCUT2D eigenvalue weighted by Crippen LogP contribution is 2.41. The molecule has 1 saturated carbocycles. The van der Waals surface area contributed by atoms with Gasteiger partial charge in [0.1, 0.15) is 17.1 Å². The number of carboxylic acids is 1. The van der Waals surface area contributed by atoms with Crippen LogP contribution in [0.2, 0.25) is 0 Å². The molecule has 0 atom stereocenters. The van der Waals surface area contributed by atoms with Crippen LogP contribution in [0.5, 0.6) is 17.2 Å². The van der Waals surface area contributed by atoms with Gasteiger partial charge < -0.3 is 29.3 Å². The molecule has 7 nitrogen and oxygen atoms in total. The summed E-state index contributed by atoms with van der Waals surface area (Å²) < 4.78 is 15.6. The third-order valence-electron chi connectivity index (χ3n) is 3.23. The zero-order chi connectivity index (χ0) is 14.3. The van der Waals surface area contributed by atoms with Crippen LogP contribution in [-0.2, 0) is 0 Å². The van der Waals surface area contributed by atoms with Crippen LogP contribution in [0.3, 0.4) is 0 Å². The Kier molecular flexibility index (Phi) is 2.99. The summed E-state index contributed by atoms with van der Waals surface area (Å²) in [4.78, 5) is 11.4. The number of aromatic carboxylic acids is 1. The molecule has 0 radical (unpaired) electrons. The summed E-state index contributed by atoms with van der Waals surface area (Å²) in [6.07, 6.45) is 2.15. The van der Waals surface area contributed by atoms with E-state index in [1.54, 1.807) is 0 Å². The predicted octanol–water partition coefficient (Wildman–Crippen LogP) is 0.408. The van der Waals surface area contributed by atoms with Gasteiger partial charge in [-0.2, -0.15) is 0 Å². The fourth-order valence-corrected chi connectivity index (χ4v) is 2.01. The average molecular weight is 281 g/mol. The van der Waals surface area contributed by atoms with E-state index in [-0.39, 0.29) is 22.8 Å².